The molecule has 0 spiro atoms. The first-order valence-corrected chi connectivity index (χ1v) is 6.87. The van der Waals surface area contributed by atoms with Crippen molar-refractivity contribution in [2.24, 2.45) is 11.7 Å². The third-order valence-corrected chi connectivity index (χ3v) is 4.28. The molecule has 0 bridgehead atoms. The number of aromatic nitrogens is 1. The van der Waals surface area contributed by atoms with Crippen LogP contribution >= 0.6 is 11.3 Å². The lowest BCUT2D eigenvalue weighted by molar-refractivity contribution is 0.0814. The van der Waals surface area contributed by atoms with E-state index >= 15 is 0 Å². The molecular weight excluding hydrogens is 220 g/mol. The number of aryl methyl sites for hydroxylation is 1. The number of hydrogen-bond donors (Lipinski definition) is 1. The van der Waals surface area contributed by atoms with Gasteiger partial charge in [-0.2, -0.15) is 0 Å². The quantitative estimate of drug-likeness (QED) is 0.877. The number of nitrogens with zero attached hydrogens (tertiary/aromatic N) is 1. The molecule has 16 heavy (non-hydrogen) atoms. The van der Waals surface area contributed by atoms with Crippen molar-refractivity contribution in [3.63, 3.8) is 0 Å². The van der Waals surface area contributed by atoms with Gasteiger partial charge in [-0.1, -0.05) is 6.92 Å². The molecular formula is C12H20N2OS. The van der Waals surface area contributed by atoms with Crippen molar-refractivity contribution in [1.29, 1.82) is 0 Å². The van der Waals surface area contributed by atoms with Crippen LogP contribution in [-0.4, -0.2) is 23.7 Å². The fourth-order valence-corrected chi connectivity index (χ4v) is 3.27. The summed E-state index contributed by atoms with van der Waals surface area (Å²) in [6, 6.07) is 0.193. The second-order valence-corrected chi connectivity index (χ2v) is 5.46. The normalized spacial score (nSPS) is 27.2. The zero-order chi connectivity index (χ0) is 11.5. The van der Waals surface area contributed by atoms with Gasteiger partial charge in [0.15, 0.2) is 0 Å². The minimum absolute atomic E-state index is 0.193. The van der Waals surface area contributed by atoms with Crippen LogP contribution in [0.1, 0.15) is 30.5 Å². The van der Waals surface area contributed by atoms with E-state index in [0.29, 0.717) is 12.0 Å². The van der Waals surface area contributed by atoms with E-state index in [1.807, 2.05) is 6.92 Å². The van der Waals surface area contributed by atoms with Gasteiger partial charge < -0.3 is 10.5 Å². The Morgan fingerprint density at radius 1 is 1.69 bits per heavy atom. The van der Waals surface area contributed by atoms with Crippen molar-refractivity contribution in [3.05, 3.63) is 16.1 Å². The summed E-state index contributed by atoms with van der Waals surface area (Å²) in [4.78, 5) is 4.47. The highest BCUT2D eigenvalue weighted by Gasteiger charge is 2.31. The predicted octanol–water partition coefficient (Wildman–Crippen LogP) is 2.14. The molecule has 0 aromatic carbocycles. The molecule has 0 aliphatic carbocycles. The van der Waals surface area contributed by atoms with Crippen LogP contribution in [0.4, 0.5) is 0 Å². The number of rotatable bonds is 4. The van der Waals surface area contributed by atoms with Gasteiger partial charge in [-0.25, -0.2) is 4.98 Å². The third kappa shape index (κ3) is 2.62. The van der Waals surface area contributed by atoms with Gasteiger partial charge in [0.1, 0.15) is 0 Å². The maximum atomic E-state index is 6.27. The van der Waals surface area contributed by atoms with Crippen molar-refractivity contribution in [2.75, 3.05) is 6.61 Å². The molecule has 1 aliphatic rings. The van der Waals surface area contributed by atoms with E-state index in [-0.39, 0.29) is 6.04 Å². The predicted molar refractivity (Wildman–Crippen MR) is 66.7 cm³/mol. The molecule has 3 atom stereocenters. The van der Waals surface area contributed by atoms with Crippen LogP contribution in [0, 0.1) is 12.8 Å². The summed E-state index contributed by atoms with van der Waals surface area (Å²) in [6.07, 6.45) is 3.42. The first-order valence-electron chi connectivity index (χ1n) is 5.99. The Hall–Kier alpha value is -0.450. The molecule has 1 aromatic rings. The van der Waals surface area contributed by atoms with Gasteiger partial charge in [0.2, 0.25) is 0 Å². The van der Waals surface area contributed by atoms with Gasteiger partial charge in [0, 0.05) is 36.1 Å². The monoisotopic (exact) mass is 240 g/mol. The van der Waals surface area contributed by atoms with Gasteiger partial charge in [-0.3, -0.25) is 0 Å². The molecule has 0 saturated carbocycles. The average Bonchev–Trinajstić information content (AvgIpc) is 2.86. The van der Waals surface area contributed by atoms with Gasteiger partial charge in [0.25, 0.3) is 0 Å². The highest BCUT2D eigenvalue weighted by Crippen LogP contribution is 2.27. The molecule has 4 heteroatoms. The van der Waals surface area contributed by atoms with Crippen molar-refractivity contribution in [3.8, 4) is 0 Å². The standard InChI is InChI=1S/C12H20N2OS/c1-3-11-9(4-5-15-11)10(13)6-12-14-8(2)7-16-12/h7,9-11H,3-6,13H2,1-2H3. The maximum absolute atomic E-state index is 6.27. The largest absolute Gasteiger partial charge is 0.378 e. The van der Waals surface area contributed by atoms with Crippen molar-refractivity contribution in [2.45, 2.75) is 45.3 Å². The Labute approximate surface area is 101 Å². The van der Waals surface area contributed by atoms with Gasteiger partial charge >= 0.3 is 0 Å². The van der Waals surface area contributed by atoms with Gasteiger partial charge in [0.05, 0.1) is 11.1 Å². The molecule has 2 heterocycles. The molecule has 90 valence electrons. The van der Waals surface area contributed by atoms with Crippen LogP contribution in [-0.2, 0) is 11.2 Å². The summed E-state index contributed by atoms with van der Waals surface area (Å²) in [5, 5.41) is 3.25. The summed E-state index contributed by atoms with van der Waals surface area (Å²) in [5.74, 6) is 0.509. The average molecular weight is 240 g/mol. The Morgan fingerprint density at radius 2 is 2.50 bits per heavy atom. The van der Waals surface area contributed by atoms with Crippen LogP contribution < -0.4 is 5.73 Å². The first-order chi connectivity index (χ1) is 7.70. The molecule has 0 radical (unpaired) electrons. The van der Waals surface area contributed by atoms with Gasteiger partial charge in [-0.15, -0.1) is 11.3 Å². The van der Waals surface area contributed by atoms with E-state index in [4.69, 9.17) is 10.5 Å². The number of thiazole rings is 1. The van der Waals surface area contributed by atoms with Crippen molar-refractivity contribution < 1.29 is 4.74 Å². The number of ether oxygens (including phenoxy) is 1. The first kappa shape index (κ1) is 12.0. The molecule has 3 unspecified atom stereocenters. The summed E-state index contributed by atoms with van der Waals surface area (Å²) in [5.41, 5.74) is 7.37. The zero-order valence-corrected chi connectivity index (χ0v) is 10.8. The lowest BCUT2D eigenvalue weighted by atomic mass is 9.90. The minimum Gasteiger partial charge on any atom is -0.378 e. The van der Waals surface area contributed by atoms with E-state index in [1.54, 1.807) is 11.3 Å². The summed E-state index contributed by atoms with van der Waals surface area (Å²) < 4.78 is 5.68. The van der Waals surface area contributed by atoms with Crippen LogP contribution in [0.3, 0.4) is 0 Å². The molecule has 1 aromatic heterocycles. The number of hydrogen-bond acceptors (Lipinski definition) is 4. The lowest BCUT2D eigenvalue weighted by Gasteiger charge is -2.22. The van der Waals surface area contributed by atoms with E-state index in [1.165, 1.54) is 0 Å². The number of nitrogens with two attached hydrogens (primary N) is 1. The fourth-order valence-electron chi connectivity index (χ4n) is 2.42. The van der Waals surface area contributed by atoms with Crippen molar-refractivity contribution in [1.82, 2.24) is 4.98 Å². The Morgan fingerprint density at radius 3 is 3.12 bits per heavy atom. The Bertz CT molecular complexity index is 340. The van der Waals surface area contributed by atoms with Gasteiger partial charge in [-0.05, 0) is 19.8 Å². The second-order valence-electron chi connectivity index (χ2n) is 4.52. The minimum atomic E-state index is 0.193. The smallest absolute Gasteiger partial charge is 0.0943 e. The van der Waals surface area contributed by atoms with Crippen LogP contribution in [0.5, 0.6) is 0 Å². The third-order valence-electron chi connectivity index (χ3n) is 3.29. The van der Waals surface area contributed by atoms with Crippen LogP contribution in [0.15, 0.2) is 5.38 Å². The summed E-state index contributed by atoms with van der Waals surface area (Å²) in [7, 11) is 0. The Kier molecular flexibility index (Phi) is 3.95. The molecule has 1 aliphatic heterocycles. The summed E-state index contributed by atoms with van der Waals surface area (Å²) >= 11 is 1.71. The van der Waals surface area contributed by atoms with E-state index in [2.05, 4.69) is 17.3 Å². The SMILES string of the molecule is CCC1OCCC1C(N)Cc1nc(C)cs1. The van der Waals surface area contributed by atoms with Crippen LogP contribution in [0.25, 0.3) is 0 Å². The van der Waals surface area contributed by atoms with E-state index in [9.17, 15) is 0 Å². The van der Waals surface area contributed by atoms with Crippen molar-refractivity contribution >= 4 is 11.3 Å². The zero-order valence-electron chi connectivity index (χ0n) is 9.98. The molecule has 1 saturated heterocycles. The molecule has 3 nitrogen and oxygen atoms in total. The molecule has 2 N–H and O–H groups in total. The maximum Gasteiger partial charge on any atom is 0.0943 e. The molecule has 1 fully saturated rings. The highest BCUT2D eigenvalue weighted by molar-refractivity contribution is 7.09. The van der Waals surface area contributed by atoms with E-state index < -0.39 is 0 Å². The summed E-state index contributed by atoms with van der Waals surface area (Å²) in [6.45, 7) is 5.07. The fraction of sp³-hybridized carbons (Fsp3) is 0.750. The van der Waals surface area contributed by atoms with Crippen LogP contribution in [0.2, 0.25) is 0 Å². The Balaban J connectivity index is 1.94. The van der Waals surface area contributed by atoms with E-state index in [0.717, 1.165) is 36.6 Å². The lowest BCUT2D eigenvalue weighted by Crippen LogP contribution is -2.36. The molecule has 2 rings (SSSR count). The second kappa shape index (κ2) is 5.25. The molecule has 0 amide bonds. The highest BCUT2D eigenvalue weighted by atomic mass is 32.1. The topological polar surface area (TPSA) is 48.1 Å².